The van der Waals surface area contributed by atoms with Crippen molar-refractivity contribution in [2.24, 2.45) is 0 Å². The first-order valence-electron chi connectivity index (χ1n) is 5.16. The molecule has 1 aromatic heterocycles. The third kappa shape index (κ3) is 2.38. The molecule has 0 aliphatic rings. The molecule has 0 aliphatic carbocycles. The van der Waals surface area contributed by atoms with E-state index in [1.54, 1.807) is 25.1 Å². The molecule has 0 saturated heterocycles. The molecule has 0 amide bonds. The van der Waals surface area contributed by atoms with Crippen LogP contribution in [-0.2, 0) is 6.54 Å². The van der Waals surface area contributed by atoms with Crippen molar-refractivity contribution < 1.29 is 9.47 Å². The van der Waals surface area contributed by atoms with Crippen LogP contribution in [0.2, 0.25) is 0 Å². The molecule has 17 heavy (non-hydrogen) atoms. The number of hydrogen-bond acceptors (Lipinski definition) is 4. The standard InChI is InChI=1S/C12H14N3O2/c1-9-7-13-14-15(9)8-10-4-5-11(16-2)12(6-10)17-3/h4-7H,1,8H2,2-3H3. The number of rotatable bonds is 4. The second-order valence-corrected chi connectivity index (χ2v) is 3.57. The third-order valence-corrected chi connectivity index (χ3v) is 2.48. The van der Waals surface area contributed by atoms with Crippen molar-refractivity contribution in [1.29, 1.82) is 0 Å². The molecule has 0 atom stereocenters. The van der Waals surface area contributed by atoms with E-state index >= 15 is 0 Å². The minimum atomic E-state index is 0.610. The van der Waals surface area contributed by atoms with Crippen LogP contribution in [0.4, 0.5) is 0 Å². The van der Waals surface area contributed by atoms with Crippen LogP contribution in [0.3, 0.4) is 0 Å². The Bertz CT molecular complexity index is 508. The molecule has 0 aliphatic heterocycles. The maximum Gasteiger partial charge on any atom is 0.161 e. The molecular formula is C12H14N3O2. The van der Waals surface area contributed by atoms with Gasteiger partial charge in [0.05, 0.1) is 32.7 Å². The summed E-state index contributed by atoms with van der Waals surface area (Å²) in [6.45, 7) is 4.45. The zero-order valence-electron chi connectivity index (χ0n) is 9.88. The Kier molecular flexibility index (Phi) is 3.27. The topological polar surface area (TPSA) is 49.2 Å². The Morgan fingerprint density at radius 1 is 1.24 bits per heavy atom. The molecule has 2 rings (SSSR count). The molecule has 89 valence electrons. The second-order valence-electron chi connectivity index (χ2n) is 3.57. The monoisotopic (exact) mass is 232 g/mol. The van der Waals surface area contributed by atoms with Gasteiger partial charge in [-0.3, -0.25) is 0 Å². The van der Waals surface area contributed by atoms with Crippen molar-refractivity contribution >= 4 is 0 Å². The first kappa shape index (κ1) is 11.4. The van der Waals surface area contributed by atoms with Crippen LogP contribution >= 0.6 is 0 Å². The van der Waals surface area contributed by atoms with Gasteiger partial charge in [0, 0.05) is 0 Å². The molecule has 1 heterocycles. The number of aromatic nitrogens is 3. The molecule has 1 radical (unpaired) electrons. The van der Waals surface area contributed by atoms with Crippen LogP contribution in [0.1, 0.15) is 11.3 Å². The van der Waals surface area contributed by atoms with E-state index in [0.29, 0.717) is 18.0 Å². The highest BCUT2D eigenvalue weighted by Crippen LogP contribution is 2.27. The predicted molar refractivity (Wildman–Crippen MR) is 63.1 cm³/mol. The number of ether oxygens (including phenoxy) is 2. The van der Waals surface area contributed by atoms with Crippen molar-refractivity contribution in [3.05, 3.63) is 42.6 Å². The predicted octanol–water partition coefficient (Wildman–Crippen LogP) is 1.53. The Morgan fingerprint density at radius 2 is 2.00 bits per heavy atom. The summed E-state index contributed by atoms with van der Waals surface area (Å²) in [4.78, 5) is 0. The van der Waals surface area contributed by atoms with Gasteiger partial charge in [0.2, 0.25) is 0 Å². The highest BCUT2D eigenvalue weighted by molar-refractivity contribution is 5.42. The average molecular weight is 232 g/mol. The van der Waals surface area contributed by atoms with Gasteiger partial charge in [-0.2, -0.15) is 0 Å². The van der Waals surface area contributed by atoms with Gasteiger partial charge in [0.25, 0.3) is 0 Å². The van der Waals surface area contributed by atoms with E-state index in [9.17, 15) is 0 Å². The van der Waals surface area contributed by atoms with Crippen molar-refractivity contribution in [1.82, 2.24) is 15.0 Å². The number of hydrogen-bond donors (Lipinski definition) is 0. The maximum atomic E-state index is 5.24. The van der Waals surface area contributed by atoms with Crippen LogP contribution in [0, 0.1) is 6.92 Å². The van der Waals surface area contributed by atoms with Gasteiger partial charge < -0.3 is 9.47 Å². The van der Waals surface area contributed by atoms with Crippen LogP contribution in [-0.4, -0.2) is 29.2 Å². The Hall–Kier alpha value is -2.04. The summed E-state index contributed by atoms with van der Waals surface area (Å²) in [7, 11) is 3.23. The number of methoxy groups -OCH3 is 2. The Labute approximate surface area is 100.0 Å². The van der Waals surface area contributed by atoms with Gasteiger partial charge in [-0.15, -0.1) is 5.10 Å². The normalized spacial score (nSPS) is 10.3. The van der Waals surface area contributed by atoms with Gasteiger partial charge in [-0.25, -0.2) is 4.68 Å². The first-order valence-corrected chi connectivity index (χ1v) is 5.16. The van der Waals surface area contributed by atoms with Gasteiger partial charge in [0.1, 0.15) is 0 Å². The summed E-state index contributed by atoms with van der Waals surface area (Å²) >= 11 is 0. The molecule has 5 nitrogen and oxygen atoms in total. The fraction of sp³-hybridized carbons (Fsp3) is 0.250. The summed E-state index contributed by atoms with van der Waals surface area (Å²) in [5.41, 5.74) is 1.83. The van der Waals surface area contributed by atoms with Gasteiger partial charge in [0.15, 0.2) is 11.5 Å². The number of benzene rings is 1. The first-order chi connectivity index (χ1) is 8.24. The van der Waals surface area contributed by atoms with E-state index in [4.69, 9.17) is 9.47 Å². The molecule has 1 aromatic carbocycles. The van der Waals surface area contributed by atoms with Crippen LogP contribution in [0.25, 0.3) is 0 Å². The van der Waals surface area contributed by atoms with E-state index in [1.165, 1.54) is 0 Å². The lowest BCUT2D eigenvalue weighted by molar-refractivity contribution is 0.354. The van der Waals surface area contributed by atoms with E-state index < -0.39 is 0 Å². The van der Waals surface area contributed by atoms with E-state index in [1.807, 2.05) is 18.2 Å². The summed E-state index contributed by atoms with van der Waals surface area (Å²) in [5, 5.41) is 7.73. The molecule has 5 heteroatoms. The largest absolute Gasteiger partial charge is 0.493 e. The van der Waals surface area contributed by atoms with Crippen molar-refractivity contribution in [3.63, 3.8) is 0 Å². The third-order valence-electron chi connectivity index (χ3n) is 2.48. The molecular weight excluding hydrogens is 218 g/mol. The average Bonchev–Trinajstić information content (AvgIpc) is 2.75. The Morgan fingerprint density at radius 3 is 2.59 bits per heavy atom. The lowest BCUT2D eigenvalue weighted by atomic mass is 10.2. The molecule has 0 bridgehead atoms. The quantitative estimate of drug-likeness (QED) is 0.802. The molecule has 0 saturated carbocycles. The van der Waals surface area contributed by atoms with Gasteiger partial charge in [-0.1, -0.05) is 11.3 Å². The van der Waals surface area contributed by atoms with Crippen LogP contribution in [0.5, 0.6) is 11.5 Å². The van der Waals surface area contributed by atoms with Crippen LogP contribution in [0.15, 0.2) is 24.4 Å². The second kappa shape index (κ2) is 4.86. The van der Waals surface area contributed by atoms with E-state index in [0.717, 1.165) is 11.3 Å². The summed E-state index contributed by atoms with van der Waals surface area (Å²) < 4.78 is 12.1. The molecule has 0 spiro atoms. The minimum Gasteiger partial charge on any atom is -0.493 e. The summed E-state index contributed by atoms with van der Waals surface area (Å²) in [6, 6.07) is 5.75. The van der Waals surface area contributed by atoms with E-state index in [2.05, 4.69) is 17.2 Å². The molecule has 2 aromatic rings. The molecule has 0 N–H and O–H groups in total. The fourth-order valence-electron chi connectivity index (χ4n) is 1.56. The highest BCUT2D eigenvalue weighted by Gasteiger charge is 2.06. The van der Waals surface area contributed by atoms with Crippen LogP contribution < -0.4 is 9.47 Å². The van der Waals surface area contributed by atoms with Crippen molar-refractivity contribution in [2.75, 3.05) is 14.2 Å². The van der Waals surface area contributed by atoms with Crippen molar-refractivity contribution in [3.8, 4) is 11.5 Å². The number of nitrogens with zero attached hydrogens (tertiary/aromatic N) is 3. The molecule has 0 unspecified atom stereocenters. The van der Waals surface area contributed by atoms with Crippen molar-refractivity contribution in [2.45, 2.75) is 6.54 Å². The summed E-state index contributed by atoms with van der Waals surface area (Å²) in [6.07, 6.45) is 1.63. The lowest BCUT2D eigenvalue weighted by Gasteiger charge is -2.09. The maximum absolute atomic E-state index is 5.24. The van der Waals surface area contributed by atoms with E-state index in [-0.39, 0.29) is 0 Å². The lowest BCUT2D eigenvalue weighted by Crippen LogP contribution is -2.04. The molecule has 0 fully saturated rings. The summed E-state index contributed by atoms with van der Waals surface area (Å²) in [5.74, 6) is 1.42. The smallest absolute Gasteiger partial charge is 0.161 e. The van der Waals surface area contributed by atoms with Gasteiger partial charge >= 0.3 is 0 Å². The minimum absolute atomic E-state index is 0.610. The highest BCUT2D eigenvalue weighted by atomic mass is 16.5. The van der Waals surface area contributed by atoms with Gasteiger partial charge in [-0.05, 0) is 24.6 Å². The fourth-order valence-corrected chi connectivity index (χ4v) is 1.56. The zero-order valence-corrected chi connectivity index (χ0v) is 9.88. The zero-order chi connectivity index (χ0) is 12.3. The SMILES string of the molecule is [CH2]c1cnnn1Cc1ccc(OC)c(OC)c1. The Balaban J connectivity index is 2.25.